The highest BCUT2D eigenvalue weighted by Crippen LogP contribution is 2.07. The van der Waals surface area contributed by atoms with Crippen LogP contribution in [-0.4, -0.2) is 35.6 Å². The van der Waals surface area contributed by atoms with E-state index in [4.69, 9.17) is 10.9 Å². The SMILES string of the molecule is CSC(C)CCNCC(N)=NO. The predicted molar refractivity (Wildman–Crippen MR) is 53.9 cm³/mol. The van der Waals surface area contributed by atoms with Crippen molar-refractivity contribution in [2.75, 3.05) is 19.3 Å². The topological polar surface area (TPSA) is 70.6 Å². The monoisotopic (exact) mass is 191 g/mol. The van der Waals surface area contributed by atoms with Crippen molar-refractivity contribution in [2.45, 2.75) is 18.6 Å². The second-order valence-electron chi connectivity index (χ2n) is 2.60. The highest BCUT2D eigenvalue weighted by Gasteiger charge is 1.98. The van der Waals surface area contributed by atoms with Gasteiger partial charge in [0.05, 0.1) is 6.54 Å². The van der Waals surface area contributed by atoms with Gasteiger partial charge in [-0.25, -0.2) is 0 Å². The van der Waals surface area contributed by atoms with E-state index in [-0.39, 0.29) is 5.84 Å². The first-order chi connectivity index (χ1) is 5.70. The molecule has 0 amide bonds. The molecule has 0 aromatic carbocycles. The van der Waals surface area contributed by atoms with Crippen molar-refractivity contribution in [3.8, 4) is 0 Å². The number of thioether (sulfide) groups is 1. The van der Waals surface area contributed by atoms with Crippen LogP contribution in [0.15, 0.2) is 5.16 Å². The van der Waals surface area contributed by atoms with Gasteiger partial charge in [-0.3, -0.25) is 0 Å². The van der Waals surface area contributed by atoms with Crippen LogP contribution >= 0.6 is 11.8 Å². The van der Waals surface area contributed by atoms with E-state index in [0.717, 1.165) is 13.0 Å². The fourth-order valence-electron chi connectivity index (χ4n) is 0.675. The Labute approximate surface area is 77.6 Å². The lowest BCUT2D eigenvalue weighted by atomic mass is 10.3. The first-order valence-electron chi connectivity index (χ1n) is 3.90. The summed E-state index contributed by atoms with van der Waals surface area (Å²) in [6, 6.07) is 0. The first-order valence-corrected chi connectivity index (χ1v) is 5.19. The van der Waals surface area contributed by atoms with Gasteiger partial charge in [0.1, 0.15) is 0 Å². The second-order valence-corrected chi connectivity index (χ2v) is 3.88. The highest BCUT2D eigenvalue weighted by atomic mass is 32.2. The van der Waals surface area contributed by atoms with Crippen molar-refractivity contribution in [1.29, 1.82) is 0 Å². The molecule has 1 atom stereocenters. The van der Waals surface area contributed by atoms with Crippen LogP contribution in [0.2, 0.25) is 0 Å². The van der Waals surface area contributed by atoms with Gasteiger partial charge in [-0.15, -0.1) is 0 Å². The van der Waals surface area contributed by atoms with Crippen LogP contribution in [0.25, 0.3) is 0 Å². The summed E-state index contributed by atoms with van der Waals surface area (Å²) in [6.07, 6.45) is 3.19. The fourth-order valence-corrected chi connectivity index (χ4v) is 1.03. The Morgan fingerprint density at radius 1 is 1.75 bits per heavy atom. The molecule has 0 bridgehead atoms. The molecular formula is C7H17N3OS. The van der Waals surface area contributed by atoms with Crippen molar-refractivity contribution in [3.05, 3.63) is 0 Å². The second kappa shape index (κ2) is 7.24. The lowest BCUT2D eigenvalue weighted by Gasteiger charge is -2.07. The molecule has 0 spiro atoms. The van der Waals surface area contributed by atoms with E-state index in [9.17, 15) is 0 Å². The molecule has 0 saturated carbocycles. The van der Waals surface area contributed by atoms with Crippen molar-refractivity contribution in [2.24, 2.45) is 10.9 Å². The molecule has 5 heteroatoms. The zero-order valence-corrected chi connectivity index (χ0v) is 8.40. The Morgan fingerprint density at radius 2 is 2.42 bits per heavy atom. The smallest absolute Gasteiger partial charge is 0.153 e. The van der Waals surface area contributed by atoms with Crippen molar-refractivity contribution >= 4 is 17.6 Å². The van der Waals surface area contributed by atoms with Gasteiger partial charge in [0.15, 0.2) is 5.84 Å². The normalized spacial score (nSPS) is 14.7. The number of amidine groups is 1. The Balaban J connectivity index is 3.21. The van der Waals surface area contributed by atoms with Gasteiger partial charge in [-0.2, -0.15) is 11.8 Å². The number of hydrogen-bond donors (Lipinski definition) is 3. The highest BCUT2D eigenvalue weighted by molar-refractivity contribution is 7.99. The van der Waals surface area contributed by atoms with Crippen LogP contribution in [0, 0.1) is 0 Å². The summed E-state index contributed by atoms with van der Waals surface area (Å²) < 4.78 is 0. The molecule has 0 rings (SSSR count). The average molecular weight is 191 g/mol. The summed E-state index contributed by atoms with van der Waals surface area (Å²) in [6.45, 7) is 3.53. The van der Waals surface area contributed by atoms with Crippen LogP contribution in [0.4, 0.5) is 0 Å². The van der Waals surface area contributed by atoms with E-state index in [2.05, 4.69) is 23.7 Å². The summed E-state index contributed by atoms with van der Waals surface area (Å²) in [5, 5.41) is 14.8. The molecule has 0 aliphatic carbocycles. The summed E-state index contributed by atoms with van der Waals surface area (Å²) in [5.74, 6) is 0.229. The molecule has 1 unspecified atom stereocenters. The summed E-state index contributed by atoms with van der Waals surface area (Å²) in [4.78, 5) is 0. The van der Waals surface area contributed by atoms with Crippen LogP contribution in [0.1, 0.15) is 13.3 Å². The minimum Gasteiger partial charge on any atom is -0.409 e. The average Bonchev–Trinajstić information content (AvgIpc) is 2.11. The van der Waals surface area contributed by atoms with Gasteiger partial charge in [-0.05, 0) is 19.2 Å². The van der Waals surface area contributed by atoms with E-state index in [0.29, 0.717) is 11.8 Å². The molecular weight excluding hydrogens is 174 g/mol. The summed E-state index contributed by atoms with van der Waals surface area (Å²) >= 11 is 1.84. The lowest BCUT2D eigenvalue weighted by molar-refractivity contribution is 0.317. The molecule has 12 heavy (non-hydrogen) atoms. The molecule has 0 aromatic rings. The number of rotatable bonds is 6. The lowest BCUT2D eigenvalue weighted by Crippen LogP contribution is -2.30. The maximum absolute atomic E-state index is 8.21. The quantitative estimate of drug-likeness (QED) is 0.188. The number of nitrogens with one attached hydrogen (secondary N) is 1. The van der Waals surface area contributed by atoms with Crippen molar-refractivity contribution in [3.63, 3.8) is 0 Å². The fraction of sp³-hybridized carbons (Fsp3) is 0.857. The van der Waals surface area contributed by atoms with Crippen LogP contribution in [0.3, 0.4) is 0 Å². The largest absolute Gasteiger partial charge is 0.409 e. The standard InChI is InChI=1S/C7H17N3OS/c1-6(12-2)3-4-9-5-7(8)10-11/h6,9,11H,3-5H2,1-2H3,(H2,8,10). The first kappa shape index (κ1) is 11.6. The van der Waals surface area contributed by atoms with E-state index < -0.39 is 0 Å². The summed E-state index contributed by atoms with van der Waals surface area (Å²) in [5.41, 5.74) is 5.25. The van der Waals surface area contributed by atoms with Crippen molar-refractivity contribution < 1.29 is 5.21 Å². The number of oxime groups is 1. The van der Waals surface area contributed by atoms with E-state index in [1.807, 2.05) is 11.8 Å². The minimum atomic E-state index is 0.229. The van der Waals surface area contributed by atoms with Gasteiger partial charge >= 0.3 is 0 Å². The van der Waals surface area contributed by atoms with E-state index in [1.54, 1.807) is 0 Å². The van der Waals surface area contributed by atoms with Crippen LogP contribution < -0.4 is 11.1 Å². The third-order valence-electron chi connectivity index (χ3n) is 1.56. The van der Waals surface area contributed by atoms with Gasteiger partial charge in [0, 0.05) is 5.25 Å². The maximum atomic E-state index is 8.21. The molecule has 0 heterocycles. The molecule has 0 aliphatic rings. The number of hydrogen-bond acceptors (Lipinski definition) is 4. The van der Waals surface area contributed by atoms with Crippen molar-refractivity contribution in [1.82, 2.24) is 5.32 Å². The predicted octanol–water partition coefficient (Wildman–Crippen LogP) is 0.464. The Hall–Kier alpha value is -0.420. The molecule has 0 aliphatic heterocycles. The molecule has 72 valence electrons. The van der Waals surface area contributed by atoms with Gasteiger partial charge < -0.3 is 16.3 Å². The van der Waals surface area contributed by atoms with Gasteiger partial charge in [-0.1, -0.05) is 12.1 Å². The number of nitrogens with zero attached hydrogens (tertiary/aromatic N) is 1. The zero-order chi connectivity index (χ0) is 9.40. The molecule has 4 N–H and O–H groups in total. The Bertz CT molecular complexity index is 141. The third-order valence-corrected chi connectivity index (χ3v) is 2.61. The van der Waals surface area contributed by atoms with E-state index in [1.165, 1.54) is 0 Å². The molecule has 4 nitrogen and oxygen atoms in total. The number of nitrogens with two attached hydrogens (primary N) is 1. The van der Waals surface area contributed by atoms with Crippen LogP contribution in [0.5, 0.6) is 0 Å². The molecule has 0 aromatic heterocycles. The third kappa shape index (κ3) is 6.30. The summed E-state index contributed by atoms with van der Waals surface area (Å²) in [7, 11) is 0. The molecule has 0 radical (unpaired) electrons. The zero-order valence-electron chi connectivity index (χ0n) is 7.58. The maximum Gasteiger partial charge on any atom is 0.153 e. The van der Waals surface area contributed by atoms with E-state index >= 15 is 0 Å². The molecule has 0 fully saturated rings. The van der Waals surface area contributed by atoms with Gasteiger partial charge in [0.25, 0.3) is 0 Å². The minimum absolute atomic E-state index is 0.229. The Kier molecular flexibility index (Phi) is 6.99. The van der Waals surface area contributed by atoms with Crippen LogP contribution in [-0.2, 0) is 0 Å². The Morgan fingerprint density at radius 3 is 2.92 bits per heavy atom. The van der Waals surface area contributed by atoms with Gasteiger partial charge in [0.2, 0.25) is 0 Å². The molecule has 0 saturated heterocycles.